The Labute approximate surface area is 213 Å². The van der Waals surface area contributed by atoms with Crippen LogP contribution in [0.4, 0.5) is 11.4 Å². The molecule has 0 radical (unpaired) electrons. The lowest BCUT2D eigenvalue weighted by Crippen LogP contribution is -2.24. The van der Waals surface area contributed by atoms with Crippen LogP contribution in [0.5, 0.6) is 0 Å². The first-order chi connectivity index (χ1) is 15.6. The van der Waals surface area contributed by atoms with Gasteiger partial charge in [-0.25, -0.2) is 0 Å². The average Bonchev–Trinajstić information content (AvgIpc) is 3.32. The van der Waals surface area contributed by atoms with Gasteiger partial charge in [0.1, 0.15) is 4.33 Å². The molecule has 1 fully saturated rings. The maximum absolute atomic E-state index is 12.9. The first-order valence-corrected chi connectivity index (χ1v) is 11.4. The number of nitrogens with zero attached hydrogens (tertiary/aromatic N) is 1. The fourth-order valence-corrected chi connectivity index (χ4v) is 5.09. The van der Waals surface area contributed by atoms with Crippen molar-refractivity contribution in [2.45, 2.75) is 10.3 Å². The molecule has 2 unspecified atom stereocenters. The summed E-state index contributed by atoms with van der Waals surface area (Å²) in [5.41, 5.74) is 1.52. The summed E-state index contributed by atoms with van der Waals surface area (Å²) in [5, 5.41) is 17.5. The van der Waals surface area contributed by atoms with Crippen molar-refractivity contribution in [3.05, 3.63) is 92.3 Å². The molecule has 6 nitrogen and oxygen atoms in total. The number of nitrogens with one attached hydrogen (secondary N) is 2. The number of amides is 2. The first-order valence-electron chi connectivity index (χ1n) is 9.50. The van der Waals surface area contributed by atoms with E-state index in [9.17, 15) is 14.8 Å². The fourth-order valence-electron chi connectivity index (χ4n) is 3.51. The van der Waals surface area contributed by atoms with Crippen molar-refractivity contribution >= 4 is 81.2 Å². The van der Waals surface area contributed by atoms with E-state index in [-0.39, 0.29) is 10.6 Å². The Balaban J connectivity index is 1.50. The Morgan fingerprint density at radius 1 is 0.879 bits per heavy atom. The molecular weight excluding hydrogens is 532 g/mol. The van der Waals surface area contributed by atoms with Gasteiger partial charge in [0.2, 0.25) is 5.91 Å². The Morgan fingerprint density at radius 3 is 2.15 bits per heavy atom. The molecule has 2 atom stereocenters. The number of alkyl halides is 2. The average molecular weight is 546 g/mol. The Hall–Kier alpha value is -2.22. The molecule has 1 saturated carbocycles. The van der Waals surface area contributed by atoms with Crippen LogP contribution in [0.2, 0.25) is 15.1 Å². The highest BCUT2D eigenvalue weighted by atomic mass is 35.5. The Morgan fingerprint density at radius 2 is 1.52 bits per heavy atom. The summed E-state index contributed by atoms with van der Waals surface area (Å²) < 4.78 is -0.745. The highest BCUT2D eigenvalue weighted by Crippen LogP contribution is 2.65. The van der Waals surface area contributed by atoms with Crippen molar-refractivity contribution in [3.63, 3.8) is 0 Å². The van der Waals surface area contributed by atoms with E-state index in [1.54, 1.807) is 24.3 Å². The van der Waals surface area contributed by atoms with Crippen LogP contribution < -0.4 is 15.4 Å². The van der Waals surface area contributed by atoms with Gasteiger partial charge in [0.25, 0.3) is 5.91 Å². The van der Waals surface area contributed by atoms with Crippen LogP contribution in [0.25, 0.3) is 0 Å². The molecule has 3 aromatic rings. The smallest absolute Gasteiger partial charge is 0.257 e. The molecule has 2 N–H and O–H groups in total. The van der Waals surface area contributed by atoms with E-state index in [0.717, 1.165) is 0 Å². The summed E-state index contributed by atoms with van der Waals surface area (Å²) in [7, 11) is 0. The van der Waals surface area contributed by atoms with Gasteiger partial charge in [0.05, 0.1) is 22.2 Å². The molecular formula is C22H14Cl5N3O3. The van der Waals surface area contributed by atoms with Gasteiger partial charge in [-0.3, -0.25) is 9.59 Å². The predicted molar refractivity (Wildman–Crippen MR) is 131 cm³/mol. The second-order valence-corrected chi connectivity index (χ2v) is 10.1. The van der Waals surface area contributed by atoms with Crippen molar-refractivity contribution in [3.8, 4) is 0 Å². The van der Waals surface area contributed by atoms with Gasteiger partial charge in [-0.15, -0.1) is 23.2 Å². The van der Waals surface area contributed by atoms with E-state index >= 15 is 0 Å². The highest BCUT2D eigenvalue weighted by Gasteiger charge is 2.67. The summed E-state index contributed by atoms with van der Waals surface area (Å²) in [6, 6.07) is 12.3. The summed E-state index contributed by atoms with van der Waals surface area (Å²) >= 11 is 31.1. The first kappa shape index (κ1) is 23.9. The largest absolute Gasteiger partial charge is 0.619 e. The van der Waals surface area contributed by atoms with Gasteiger partial charge in [-0.1, -0.05) is 34.8 Å². The second kappa shape index (κ2) is 9.20. The third-order valence-electron chi connectivity index (χ3n) is 5.12. The SMILES string of the molecule is O=C(Nc1cc[n+]([O-])cc1)c1cc(NC(=O)C2C(c3cc(Cl)cc(Cl)c3)C2(Cl)Cl)ccc1Cl. The zero-order valence-electron chi connectivity index (χ0n) is 16.5. The van der Waals surface area contributed by atoms with Crippen molar-refractivity contribution < 1.29 is 14.3 Å². The summed E-state index contributed by atoms with van der Waals surface area (Å²) in [6.45, 7) is 0. The molecule has 11 heteroatoms. The maximum atomic E-state index is 12.9. The van der Waals surface area contributed by atoms with E-state index in [0.29, 0.717) is 31.7 Å². The lowest BCUT2D eigenvalue weighted by Gasteiger charge is -2.10. The summed E-state index contributed by atoms with van der Waals surface area (Å²) in [5.74, 6) is -2.21. The van der Waals surface area contributed by atoms with Gasteiger partial charge in [0.15, 0.2) is 12.4 Å². The molecule has 2 amide bonds. The lowest BCUT2D eigenvalue weighted by atomic mass is 10.1. The predicted octanol–water partition coefficient (Wildman–Crippen LogP) is 6.06. The molecule has 0 spiro atoms. The minimum atomic E-state index is -1.34. The third-order valence-corrected chi connectivity index (χ3v) is 6.82. The van der Waals surface area contributed by atoms with E-state index in [2.05, 4.69) is 10.6 Å². The van der Waals surface area contributed by atoms with Crippen molar-refractivity contribution in [1.29, 1.82) is 0 Å². The van der Waals surface area contributed by atoms with Crippen molar-refractivity contribution in [1.82, 2.24) is 0 Å². The molecule has 1 aliphatic rings. The van der Waals surface area contributed by atoms with Crippen LogP contribution in [0.1, 0.15) is 21.8 Å². The monoisotopic (exact) mass is 543 g/mol. The highest BCUT2D eigenvalue weighted by molar-refractivity contribution is 6.53. The molecule has 1 aliphatic carbocycles. The van der Waals surface area contributed by atoms with Crippen LogP contribution in [0, 0.1) is 11.1 Å². The van der Waals surface area contributed by atoms with Gasteiger partial charge in [-0.2, -0.15) is 4.73 Å². The minimum Gasteiger partial charge on any atom is -0.619 e. The quantitative estimate of drug-likeness (QED) is 0.232. The van der Waals surface area contributed by atoms with Crippen LogP contribution >= 0.6 is 58.0 Å². The molecule has 0 aliphatic heterocycles. The number of pyridine rings is 1. The number of halogens is 5. The maximum Gasteiger partial charge on any atom is 0.257 e. The number of hydrogen-bond donors (Lipinski definition) is 2. The summed E-state index contributed by atoms with van der Waals surface area (Å²) in [6.07, 6.45) is 2.50. The minimum absolute atomic E-state index is 0.130. The van der Waals surface area contributed by atoms with Crippen molar-refractivity contribution in [2.24, 2.45) is 5.92 Å². The topological polar surface area (TPSA) is 85.1 Å². The number of benzene rings is 2. The number of aromatic nitrogens is 1. The van der Waals surface area contributed by atoms with Gasteiger partial charge in [0, 0.05) is 33.8 Å². The Bertz CT molecular complexity index is 1230. The molecule has 1 heterocycles. The molecule has 2 aromatic carbocycles. The van der Waals surface area contributed by atoms with Crippen molar-refractivity contribution in [2.75, 3.05) is 10.6 Å². The number of carbonyl (C=O) groups is 2. The molecule has 0 saturated heterocycles. The fraction of sp³-hybridized carbons (Fsp3) is 0.136. The van der Waals surface area contributed by atoms with Crippen LogP contribution in [0.3, 0.4) is 0 Å². The van der Waals surface area contributed by atoms with Crippen LogP contribution in [-0.2, 0) is 4.79 Å². The zero-order chi connectivity index (χ0) is 23.9. The van der Waals surface area contributed by atoms with Crippen LogP contribution in [0.15, 0.2) is 60.9 Å². The van der Waals surface area contributed by atoms with Gasteiger partial charge >= 0.3 is 0 Å². The second-order valence-electron chi connectivity index (χ2n) is 7.42. The number of hydrogen-bond acceptors (Lipinski definition) is 3. The molecule has 170 valence electrons. The van der Waals surface area contributed by atoms with E-state index < -0.39 is 28.0 Å². The van der Waals surface area contributed by atoms with E-state index in [4.69, 9.17) is 58.0 Å². The molecule has 1 aromatic heterocycles. The van der Waals surface area contributed by atoms with E-state index in [1.165, 1.54) is 36.7 Å². The molecule has 33 heavy (non-hydrogen) atoms. The lowest BCUT2D eigenvalue weighted by molar-refractivity contribution is -0.605. The van der Waals surface area contributed by atoms with Gasteiger partial charge < -0.3 is 15.8 Å². The van der Waals surface area contributed by atoms with E-state index in [1.807, 2.05) is 0 Å². The number of rotatable bonds is 5. The zero-order valence-corrected chi connectivity index (χ0v) is 20.3. The van der Waals surface area contributed by atoms with Gasteiger partial charge in [-0.05, 0) is 42.0 Å². The van der Waals surface area contributed by atoms with Crippen LogP contribution in [-0.4, -0.2) is 16.1 Å². The summed E-state index contributed by atoms with van der Waals surface area (Å²) in [4.78, 5) is 25.6. The molecule has 0 bridgehead atoms. The number of anilines is 2. The molecule has 4 rings (SSSR count). The standard InChI is InChI=1S/C22H14Cl5N3O3/c23-12-7-11(8-13(24)9-12)18-19(22(18,26)27)21(32)29-15-1-2-17(25)16(10-15)20(31)28-14-3-5-30(33)6-4-14/h1-10,18-19H,(H,28,31)(H,29,32). The number of carbonyl (C=O) groups excluding carboxylic acids is 2. The normalized spacial score (nSPS) is 18.5. The Kier molecular flexibility index (Phi) is 6.67. The third kappa shape index (κ3) is 5.15.